The van der Waals surface area contributed by atoms with Gasteiger partial charge in [0.05, 0.1) is 0 Å². The Morgan fingerprint density at radius 1 is 1.15 bits per heavy atom. The van der Waals surface area contributed by atoms with Crippen LogP contribution in [0.3, 0.4) is 0 Å². The Labute approximate surface area is 167 Å². The molecule has 1 aliphatic rings. The predicted octanol–water partition coefficient (Wildman–Crippen LogP) is 4.75. The van der Waals surface area contributed by atoms with Crippen molar-refractivity contribution in [2.45, 2.75) is 29.4 Å². The van der Waals surface area contributed by atoms with Crippen LogP contribution in [0.15, 0.2) is 62.6 Å². The average Bonchev–Trinajstić information content (AvgIpc) is 3.35. The zero-order valence-corrected chi connectivity index (χ0v) is 16.5. The summed E-state index contributed by atoms with van der Waals surface area (Å²) in [7, 11) is 0. The molecule has 5 nitrogen and oxygen atoms in total. The van der Waals surface area contributed by atoms with E-state index in [0.29, 0.717) is 11.5 Å². The van der Waals surface area contributed by atoms with Crippen LogP contribution in [0, 0.1) is 5.82 Å². The van der Waals surface area contributed by atoms with Gasteiger partial charge in [-0.15, -0.1) is 10.2 Å². The highest BCUT2D eigenvalue weighted by atomic mass is 79.9. The molecule has 8 heteroatoms. The highest BCUT2D eigenvalue weighted by Crippen LogP contribution is 2.37. The molecule has 2 aromatic carbocycles. The summed E-state index contributed by atoms with van der Waals surface area (Å²) in [5.74, 6) is -0.108. The maximum atomic E-state index is 13.3. The number of hydrogen-bond donors (Lipinski definition) is 1. The van der Waals surface area contributed by atoms with E-state index >= 15 is 0 Å². The molecule has 1 aromatic heterocycles. The van der Waals surface area contributed by atoms with Crippen molar-refractivity contribution in [2.75, 3.05) is 0 Å². The molecule has 0 radical (unpaired) electrons. The summed E-state index contributed by atoms with van der Waals surface area (Å²) >= 11 is 4.55. The van der Waals surface area contributed by atoms with Gasteiger partial charge in [0.2, 0.25) is 11.8 Å². The Bertz CT molecular complexity index is 942. The Kier molecular flexibility index (Phi) is 5.27. The van der Waals surface area contributed by atoms with Crippen LogP contribution >= 0.6 is 27.7 Å². The summed E-state index contributed by atoms with van der Waals surface area (Å²) in [5.41, 5.74) is 1.47. The van der Waals surface area contributed by atoms with Crippen LogP contribution in [0.5, 0.6) is 0 Å². The van der Waals surface area contributed by atoms with Crippen molar-refractivity contribution in [2.24, 2.45) is 0 Å². The first-order valence-electron chi connectivity index (χ1n) is 8.40. The molecule has 138 valence electrons. The Balaban J connectivity index is 1.56. The van der Waals surface area contributed by atoms with E-state index in [4.69, 9.17) is 4.42 Å². The van der Waals surface area contributed by atoms with Crippen molar-refractivity contribution in [3.8, 4) is 11.5 Å². The van der Waals surface area contributed by atoms with Gasteiger partial charge in [-0.2, -0.15) is 0 Å². The number of carbonyl (C=O) groups excluding carboxylic acids is 1. The Morgan fingerprint density at radius 2 is 1.85 bits per heavy atom. The normalized spacial score (nSPS) is 14.7. The first-order valence-corrected chi connectivity index (χ1v) is 10.1. The zero-order valence-electron chi connectivity index (χ0n) is 14.1. The number of nitrogens with one attached hydrogen (secondary N) is 1. The third-order valence-electron chi connectivity index (χ3n) is 4.05. The number of hydrogen-bond acceptors (Lipinski definition) is 5. The van der Waals surface area contributed by atoms with Crippen molar-refractivity contribution in [1.29, 1.82) is 0 Å². The Hall–Kier alpha value is -2.19. The van der Waals surface area contributed by atoms with Crippen LogP contribution in [0.1, 0.15) is 23.7 Å². The lowest BCUT2D eigenvalue weighted by molar-refractivity contribution is -0.120. The van der Waals surface area contributed by atoms with Gasteiger partial charge in [0.1, 0.15) is 11.1 Å². The standard InChI is InChI=1S/C19H15BrFN3O2S/c20-13-5-1-12(2-6-13)18-23-24-19(26-18)27-16(17(25)22-15-9-10-15)11-3-7-14(21)8-4-11/h1-8,15-16H,9-10H2,(H,22,25)/t16-/m0/s1. The molecule has 0 aliphatic heterocycles. The number of benzene rings is 2. The molecule has 1 fully saturated rings. The van der Waals surface area contributed by atoms with Crippen molar-refractivity contribution in [3.05, 3.63) is 64.4 Å². The summed E-state index contributed by atoms with van der Waals surface area (Å²) in [6.07, 6.45) is 1.97. The molecular formula is C19H15BrFN3O2S. The van der Waals surface area contributed by atoms with Crippen molar-refractivity contribution in [1.82, 2.24) is 15.5 Å². The van der Waals surface area contributed by atoms with Crippen LogP contribution in [0.4, 0.5) is 4.39 Å². The fourth-order valence-corrected chi connectivity index (χ4v) is 3.63. The molecule has 0 spiro atoms. The molecule has 1 saturated carbocycles. The van der Waals surface area contributed by atoms with Gasteiger partial charge in [-0.3, -0.25) is 4.79 Å². The number of halogens is 2. The third-order valence-corrected chi connectivity index (χ3v) is 5.67. The summed E-state index contributed by atoms with van der Waals surface area (Å²) < 4.78 is 19.9. The van der Waals surface area contributed by atoms with Gasteiger partial charge in [-0.1, -0.05) is 28.1 Å². The smallest absolute Gasteiger partial charge is 0.277 e. The lowest BCUT2D eigenvalue weighted by atomic mass is 10.1. The molecule has 4 rings (SSSR count). The van der Waals surface area contributed by atoms with Gasteiger partial charge in [0, 0.05) is 16.1 Å². The molecule has 0 bridgehead atoms. The van der Waals surface area contributed by atoms with E-state index in [-0.39, 0.29) is 23.0 Å². The maximum Gasteiger partial charge on any atom is 0.277 e. The van der Waals surface area contributed by atoms with E-state index in [1.165, 1.54) is 12.1 Å². The average molecular weight is 448 g/mol. The van der Waals surface area contributed by atoms with Gasteiger partial charge in [-0.25, -0.2) is 4.39 Å². The molecule has 3 aromatic rings. The quantitative estimate of drug-likeness (QED) is 0.552. The van der Waals surface area contributed by atoms with E-state index in [0.717, 1.165) is 34.6 Å². The van der Waals surface area contributed by atoms with Gasteiger partial charge >= 0.3 is 0 Å². The van der Waals surface area contributed by atoms with Crippen LogP contribution in [-0.2, 0) is 4.79 Å². The van der Waals surface area contributed by atoms with E-state index in [2.05, 4.69) is 31.4 Å². The summed E-state index contributed by atoms with van der Waals surface area (Å²) in [4.78, 5) is 12.7. The second kappa shape index (κ2) is 7.82. The van der Waals surface area contributed by atoms with Crippen molar-refractivity contribution in [3.63, 3.8) is 0 Å². The third kappa shape index (κ3) is 4.56. The summed E-state index contributed by atoms with van der Waals surface area (Å²) in [5, 5.41) is 10.8. The minimum absolute atomic E-state index is 0.141. The molecular weight excluding hydrogens is 433 g/mol. The number of thioether (sulfide) groups is 1. The fourth-order valence-electron chi connectivity index (χ4n) is 2.48. The molecule has 1 amide bonds. The lowest BCUT2D eigenvalue weighted by Gasteiger charge is -2.14. The first-order chi connectivity index (χ1) is 13.1. The van der Waals surface area contributed by atoms with Gasteiger partial charge in [-0.05, 0) is 66.6 Å². The number of nitrogens with zero attached hydrogens (tertiary/aromatic N) is 2. The second-order valence-corrected chi connectivity index (χ2v) is 8.18. The minimum Gasteiger partial charge on any atom is -0.411 e. The summed E-state index contributed by atoms with van der Waals surface area (Å²) in [6, 6.07) is 13.6. The monoisotopic (exact) mass is 447 g/mol. The van der Waals surface area contributed by atoms with Crippen LogP contribution < -0.4 is 5.32 Å². The van der Waals surface area contributed by atoms with E-state index in [1.54, 1.807) is 12.1 Å². The van der Waals surface area contributed by atoms with Gasteiger partial charge in [0.15, 0.2) is 0 Å². The minimum atomic E-state index is -0.593. The molecule has 0 unspecified atom stereocenters. The number of aromatic nitrogens is 2. The molecule has 1 heterocycles. The van der Waals surface area contributed by atoms with Crippen LogP contribution in [0.25, 0.3) is 11.5 Å². The lowest BCUT2D eigenvalue weighted by Crippen LogP contribution is -2.29. The van der Waals surface area contributed by atoms with Gasteiger partial charge < -0.3 is 9.73 Å². The molecule has 1 aliphatic carbocycles. The number of amides is 1. The predicted molar refractivity (Wildman–Crippen MR) is 104 cm³/mol. The number of carbonyl (C=O) groups is 1. The topological polar surface area (TPSA) is 68.0 Å². The van der Waals surface area contributed by atoms with Crippen molar-refractivity contribution >= 4 is 33.6 Å². The highest BCUT2D eigenvalue weighted by Gasteiger charge is 2.30. The van der Waals surface area contributed by atoms with E-state index < -0.39 is 5.25 Å². The van der Waals surface area contributed by atoms with Crippen LogP contribution in [-0.4, -0.2) is 22.1 Å². The molecule has 1 atom stereocenters. The fraction of sp³-hybridized carbons (Fsp3) is 0.211. The van der Waals surface area contributed by atoms with Crippen LogP contribution in [0.2, 0.25) is 0 Å². The molecule has 27 heavy (non-hydrogen) atoms. The first kappa shape index (κ1) is 18.2. The number of rotatable bonds is 6. The largest absolute Gasteiger partial charge is 0.411 e. The summed E-state index contributed by atoms with van der Waals surface area (Å²) in [6.45, 7) is 0. The zero-order chi connectivity index (χ0) is 18.8. The molecule has 0 saturated heterocycles. The molecule has 1 N–H and O–H groups in total. The van der Waals surface area contributed by atoms with E-state index in [1.807, 2.05) is 24.3 Å². The van der Waals surface area contributed by atoms with Crippen molar-refractivity contribution < 1.29 is 13.6 Å². The van der Waals surface area contributed by atoms with Gasteiger partial charge in [0.25, 0.3) is 5.22 Å². The Morgan fingerprint density at radius 3 is 2.52 bits per heavy atom. The second-order valence-electron chi connectivity index (χ2n) is 6.21. The highest BCUT2D eigenvalue weighted by molar-refractivity contribution is 9.10. The maximum absolute atomic E-state index is 13.3. The SMILES string of the molecule is O=C(NC1CC1)[C@@H](Sc1nnc(-c2ccc(Br)cc2)o1)c1ccc(F)cc1. The van der Waals surface area contributed by atoms with E-state index in [9.17, 15) is 9.18 Å².